The second kappa shape index (κ2) is 12.4. The first-order valence-electron chi connectivity index (χ1n) is 14.4. The molecule has 6 rings (SSSR count). The lowest BCUT2D eigenvalue weighted by molar-refractivity contribution is -0.136. The molecule has 1 aliphatic heterocycles. The van der Waals surface area contributed by atoms with E-state index >= 15 is 0 Å². The highest BCUT2D eigenvalue weighted by atomic mass is 32.1. The van der Waals surface area contributed by atoms with Crippen molar-refractivity contribution in [1.29, 1.82) is 0 Å². The number of rotatable bonds is 5. The molecule has 2 saturated carbocycles. The van der Waals surface area contributed by atoms with Crippen LogP contribution in [-0.4, -0.2) is 34.3 Å². The van der Waals surface area contributed by atoms with Crippen molar-refractivity contribution in [3.63, 3.8) is 0 Å². The van der Waals surface area contributed by atoms with E-state index in [-0.39, 0.29) is 11.4 Å². The monoisotopic (exact) mass is 544 g/mol. The summed E-state index contributed by atoms with van der Waals surface area (Å²) in [5, 5.41) is 6.95. The number of nitrogens with one attached hydrogen (secondary N) is 1. The Morgan fingerprint density at radius 1 is 1.03 bits per heavy atom. The van der Waals surface area contributed by atoms with Crippen LogP contribution in [0.25, 0.3) is 22.4 Å². The Balaban J connectivity index is 0.000000198. The second-order valence-electron chi connectivity index (χ2n) is 11.2. The number of hydrogen-bond donors (Lipinski definition) is 2. The number of nitrogens with two attached hydrogens (primary N) is 1. The molecule has 2 amide bonds. The molecule has 1 aromatic carbocycles. The number of hydrogen-bond acceptors (Lipinski definition) is 5. The van der Waals surface area contributed by atoms with Crippen LogP contribution in [0.1, 0.15) is 83.1 Å². The lowest BCUT2D eigenvalue weighted by atomic mass is 9.72. The topological polar surface area (TPSA) is 88.3 Å². The molecule has 0 bridgehead atoms. The Labute approximate surface area is 236 Å². The minimum absolute atomic E-state index is 0.103. The summed E-state index contributed by atoms with van der Waals surface area (Å²) in [6.07, 6.45) is 14.7. The zero-order valence-corrected chi connectivity index (χ0v) is 23.8. The number of piperidine rings is 1. The van der Waals surface area contributed by atoms with Crippen LogP contribution in [-0.2, 0) is 15.1 Å². The molecule has 3 aromatic rings. The van der Waals surface area contributed by atoms with E-state index in [0.29, 0.717) is 17.6 Å². The van der Waals surface area contributed by atoms with Gasteiger partial charge in [-0.3, -0.25) is 14.6 Å². The molecule has 0 spiro atoms. The van der Waals surface area contributed by atoms with Gasteiger partial charge in [0.05, 0.1) is 17.6 Å². The Morgan fingerprint density at radius 3 is 2.41 bits per heavy atom. The molecule has 0 radical (unpaired) electrons. The van der Waals surface area contributed by atoms with Crippen LogP contribution >= 0.6 is 11.3 Å². The van der Waals surface area contributed by atoms with E-state index in [4.69, 9.17) is 5.73 Å². The molecule has 0 atom stereocenters. The summed E-state index contributed by atoms with van der Waals surface area (Å²) >= 11 is 1.64. The van der Waals surface area contributed by atoms with E-state index in [1.165, 1.54) is 57.4 Å². The third-order valence-electron chi connectivity index (χ3n) is 8.39. The summed E-state index contributed by atoms with van der Waals surface area (Å²) in [5.74, 6) is 0.312. The number of carbonyl (C=O) groups is 2. The van der Waals surface area contributed by atoms with E-state index in [2.05, 4.69) is 50.9 Å². The average Bonchev–Trinajstić information content (AvgIpc) is 3.48. The van der Waals surface area contributed by atoms with Gasteiger partial charge in [-0.05, 0) is 79.0 Å². The van der Waals surface area contributed by atoms with E-state index in [1.54, 1.807) is 17.5 Å². The van der Waals surface area contributed by atoms with Gasteiger partial charge in [0.25, 0.3) is 0 Å². The van der Waals surface area contributed by atoms with Gasteiger partial charge in [-0.1, -0.05) is 43.5 Å². The summed E-state index contributed by atoms with van der Waals surface area (Å²) < 4.78 is 0. The molecule has 2 aromatic heterocycles. The first-order chi connectivity index (χ1) is 18.9. The highest BCUT2D eigenvalue weighted by Crippen LogP contribution is 2.40. The smallest absolute Gasteiger partial charge is 0.222 e. The quantitative estimate of drug-likeness (QED) is 0.358. The number of amides is 2. The zero-order valence-electron chi connectivity index (χ0n) is 23.0. The number of aromatic nitrogens is 1. The maximum Gasteiger partial charge on any atom is 0.222 e. The summed E-state index contributed by atoms with van der Waals surface area (Å²) in [6, 6.07) is 13.1. The average molecular weight is 545 g/mol. The van der Waals surface area contributed by atoms with Gasteiger partial charge in [-0.15, -0.1) is 0 Å². The fraction of sp³-hybridized carbons (Fsp3) is 0.469. The summed E-state index contributed by atoms with van der Waals surface area (Å²) in [5.41, 5.74) is 12.2. The van der Waals surface area contributed by atoms with Gasteiger partial charge in [0.15, 0.2) is 0 Å². The van der Waals surface area contributed by atoms with Crippen LogP contribution in [0.4, 0.5) is 5.69 Å². The van der Waals surface area contributed by atoms with Gasteiger partial charge in [-0.25, -0.2) is 0 Å². The fourth-order valence-electron chi connectivity index (χ4n) is 6.02. The fourth-order valence-corrected chi connectivity index (χ4v) is 6.67. The molecular weight excluding hydrogens is 504 g/mol. The Hall–Kier alpha value is -3.03. The van der Waals surface area contributed by atoms with Crippen LogP contribution in [0.2, 0.25) is 0 Å². The second-order valence-corrected chi connectivity index (χ2v) is 12.0. The minimum atomic E-state index is -0.155. The highest BCUT2D eigenvalue weighted by molar-refractivity contribution is 7.08. The van der Waals surface area contributed by atoms with E-state index in [1.807, 2.05) is 11.4 Å². The van der Waals surface area contributed by atoms with Crippen LogP contribution in [0.5, 0.6) is 0 Å². The molecule has 1 saturated heterocycles. The van der Waals surface area contributed by atoms with Gasteiger partial charge in [0.2, 0.25) is 11.8 Å². The normalized spacial score (nSPS) is 19.0. The number of pyridine rings is 1. The first kappa shape index (κ1) is 27.5. The maximum absolute atomic E-state index is 11.6. The van der Waals surface area contributed by atoms with Crippen LogP contribution < -0.4 is 11.1 Å². The van der Waals surface area contributed by atoms with Gasteiger partial charge in [-0.2, -0.15) is 11.3 Å². The number of benzene rings is 1. The van der Waals surface area contributed by atoms with Crippen molar-refractivity contribution in [3.8, 4) is 22.4 Å². The number of thiophene rings is 1. The van der Waals surface area contributed by atoms with Crippen molar-refractivity contribution >= 4 is 28.8 Å². The molecule has 3 aliphatic rings. The highest BCUT2D eigenvalue weighted by Gasteiger charge is 2.34. The third kappa shape index (κ3) is 6.59. The summed E-state index contributed by atoms with van der Waals surface area (Å²) in [6.45, 7) is 2.53. The Kier molecular flexibility index (Phi) is 8.78. The largest absolute Gasteiger partial charge is 0.340 e. The van der Waals surface area contributed by atoms with E-state index < -0.39 is 0 Å². The zero-order chi connectivity index (χ0) is 27.2. The maximum atomic E-state index is 11.6. The molecule has 0 unspecified atom stereocenters. The molecule has 206 valence electrons. The van der Waals surface area contributed by atoms with Crippen molar-refractivity contribution in [1.82, 2.24) is 9.88 Å². The van der Waals surface area contributed by atoms with Crippen molar-refractivity contribution in [2.75, 3.05) is 11.9 Å². The van der Waals surface area contributed by atoms with E-state index in [9.17, 15) is 9.59 Å². The predicted octanol–water partition coefficient (Wildman–Crippen LogP) is 7.11. The predicted molar refractivity (Wildman–Crippen MR) is 159 cm³/mol. The van der Waals surface area contributed by atoms with Gasteiger partial charge < -0.3 is 16.0 Å². The number of carbonyl (C=O) groups excluding carboxylic acids is 2. The lowest BCUT2D eigenvalue weighted by Gasteiger charge is -2.38. The lowest BCUT2D eigenvalue weighted by Crippen LogP contribution is -2.44. The summed E-state index contributed by atoms with van der Waals surface area (Å²) in [4.78, 5) is 29.8. The van der Waals surface area contributed by atoms with E-state index in [0.717, 1.165) is 54.6 Å². The summed E-state index contributed by atoms with van der Waals surface area (Å²) in [7, 11) is 0. The molecule has 3 fully saturated rings. The van der Waals surface area contributed by atoms with Gasteiger partial charge >= 0.3 is 0 Å². The van der Waals surface area contributed by atoms with Crippen molar-refractivity contribution in [3.05, 3.63) is 58.9 Å². The standard InChI is InChI=1S/C21H21N3OS.C11H19NO/c1-14(25)24-18-11-19(16-7-10-26-13-16)20(23-12-18)15-3-5-17(6-4-15)21(22)8-2-9-21;13-11-8-4-5-9-12(11)10-6-2-1-3-7-10/h3-7,10-13H,2,8-9,22H2,1H3,(H,24,25);10H,1-9H2. The molecule has 6 nitrogen and oxygen atoms in total. The van der Waals surface area contributed by atoms with Crippen LogP contribution in [0, 0.1) is 0 Å². The Bertz CT molecular complexity index is 1260. The third-order valence-corrected chi connectivity index (χ3v) is 9.08. The van der Waals surface area contributed by atoms with Crippen LogP contribution in [0.3, 0.4) is 0 Å². The minimum Gasteiger partial charge on any atom is -0.340 e. The van der Waals surface area contributed by atoms with Crippen molar-refractivity contribution < 1.29 is 9.59 Å². The van der Waals surface area contributed by atoms with Crippen LogP contribution in [0.15, 0.2) is 53.4 Å². The van der Waals surface area contributed by atoms with Crippen molar-refractivity contribution in [2.45, 2.75) is 89.1 Å². The molecular formula is C32H40N4O2S. The number of anilines is 1. The van der Waals surface area contributed by atoms with Gasteiger partial charge in [0, 0.05) is 42.6 Å². The van der Waals surface area contributed by atoms with Gasteiger partial charge in [0.1, 0.15) is 0 Å². The molecule has 3 heterocycles. The molecule has 7 heteroatoms. The number of likely N-dealkylation sites (tertiary alicyclic amines) is 1. The molecule has 2 aliphatic carbocycles. The number of nitrogens with zero attached hydrogens (tertiary/aromatic N) is 2. The Morgan fingerprint density at radius 2 is 1.79 bits per heavy atom. The van der Waals surface area contributed by atoms with Crippen molar-refractivity contribution in [2.24, 2.45) is 5.73 Å². The SMILES string of the molecule is CC(=O)Nc1cnc(-c2ccc(C3(N)CCC3)cc2)c(-c2ccsc2)c1.O=C1CCCCN1C1CCCCC1. The molecule has 3 N–H and O–H groups in total. The molecule has 39 heavy (non-hydrogen) atoms. The first-order valence-corrected chi connectivity index (χ1v) is 15.4.